The Morgan fingerprint density at radius 3 is 1.23 bits per heavy atom. The summed E-state index contributed by atoms with van der Waals surface area (Å²) in [6.45, 7) is 2.22. The molecule has 2 aliphatic rings. The molecule has 4 N–H and O–H groups in total. The molecule has 0 amide bonds. The summed E-state index contributed by atoms with van der Waals surface area (Å²) in [7, 11) is -6.92. The van der Waals surface area contributed by atoms with Gasteiger partial charge in [-0.15, -0.1) is 0 Å². The van der Waals surface area contributed by atoms with E-state index in [1.54, 1.807) is 57.1 Å². The van der Waals surface area contributed by atoms with Crippen LogP contribution in [0, 0.1) is 11.8 Å². The Hall–Kier alpha value is -2.14. The predicted molar refractivity (Wildman–Crippen MR) is 139 cm³/mol. The van der Waals surface area contributed by atoms with Crippen molar-refractivity contribution in [3.05, 3.63) is 48.5 Å². The molecule has 2 fully saturated rings. The van der Waals surface area contributed by atoms with Gasteiger partial charge in [-0.05, 0) is 86.1 Å². The van der Waals surface area contributed by atoms with Crippen molar-refractivity contribution in [2.75, 3.05) is 37.6 Å². The van der Waals surface area contributed by atoms with Crippen LogP contribution >= 0.6 is 0 Å². The average Bonchev–Trinajstić information content (AvgIpc) is 2.85. The molecule has 35 heavy (non-hydrogen) atoms. The summed E-state index contributed by atoms with van der Waals surface area (Å²) in [5, 5.41) is 0. The highest BCUT2D eigenvalue weighted by atomic mass is 32.2. The molecule has 192 valence electrons. The molecule has 0 aliphatic carbocycles. The molecule has 0 saturated carbocycles. The van der Waals surface area contributed by atoms with Crippen molar-refractivity contribution in [2.24, 2.45) is 11.8 Å². The van der Waals surface area contributed by atoms with E-state index in [9.17, 15) is 16.8 Å². The summed E-state index contributed by atoms with van der Waals surface area (Å²) < 4.78 is 54.6. The topological polar surface area (TPSA) is 127 Å². The summed E-state index contributed by atoms with van der Waals surface area (Å²) >= 11 is 0. The van der Waals surface area contributed by atoms with Gasteiger partial charge in [0.15, 0.2) is 0 Å². The van der Waals surface area contributed by atoms with Crippen molar-refractivity contribution >= 4 is 31.4 Å². The van der Waals surface area contributed by atoms with Gasteiger partial charge >= 0.3 is 0 Å². The Bertz CT molecular complexity index is 1090. The first-order valence-electron chi connectivity index (χ1n) is 12.4. The Morgan fingerprint density at radius 1 is 0.600 bits per heavy atom. The highest BCUT2D eigenvalue weighted by Gasteiger charge is 2.31. The zero-order valence-corrected chi connectivity index (χ0v) is 21.7. The van der Waals surface area contributed by atoms with E-state index in [0.29, 0.717) is 59.2 Å². The van der Waals surface area contributed by atoms with Crippen LogP contribution in [0.1, 0.15) is 44.9 Å². The lowest BCUT2D eigenvalue weighted by Gasteiger charge is -2.33. The largest absolute Gasteiger partial charge is 0.399 e. The maximum atomic E-state index is 12.9. The molecular formula is C25H36N4O4S2. The molecule has 0 radical (unpaired) electrons. The van der Waals surface area contributed by atoms with Gasteiger partial charge in [0.25, 0.3) is 0 Å². The predicted octanol–water partition coefficient (Wildman–Crippen LogP) is 3.52. The van der Waals surface area contributed by atoms with E-state index in [0.717, 1.165) is 44.9 Å². The maximum Gasteiger partial charge on any atom is 0.243 e. The molecule has 0 spiro atoms. The van der Waals surface area contributed by atoms with Crippen molar-refractivity contribution < 1.29 is 16.8 Å². The fourth-order valence-electron chi connectivity index (χ4n) is 5.15. The van der Waals surface area contributed by atoms with E-state index in [-0.39, 0.29) is 0 Å². The van der Waals surface area contributed by atoms with Crippen molar-refractivity contribution in [3.63, 3.8) is 0 Å². The molecule has 0 bridgehead atoms. The minimum atomic E-state index is -3.46. The minimum Gasteiger partial charge on any atom is -0.399 e. The molecule has 0 aromatic heterocycles. The Labute approximate surface area is 209 Å². The SMILES string of the molecule is Nc1ccc(S(=O)(=O)N2CCC(CCCC3CCN(S(=O)(=O)c4ccc(N)cc4)CC3)CC2)cc1. The molecule has 0 atom stereocenters. The van der Waals surface area contributed by atoms with Crippen molar-refractivity contribution in [3.8, 4) is 0 Å². The lowest BCUT2D eigenvalue weighted by Crippen LogP contribution is -2.39. The van der Waals surface area contributed by atoms with Crippen LogP contribution in [0.3, 0.4) is 0 Å². The number of hydrogen-bond donors (Lipinski definition) is 2. The number of sulfonamides is 2. The second kappa shape index (κ2) is 10.9. The zero-order chi connectivity index (χ0) is 25.1. The fourth-order valence-corrected chi connectivity index (χ4v) is 8.09. The third-order valence-corrected chi connectivity index (χ3v) is 11.2. The van der Waals surface area contributed by atoms with Crippen LogP contribution in [-0.2, 0) is 20.0 Å². The second-order valence-corrected chi connectivity index (χ2v) is 13.6. The summed E-state index contributed by atoms with van der Waals surface area (Å²) in [5.74, 6) is 1.08. The third kappa shape index (κ3) is 6.17. The van der Waals surface area contributed by atoms with E-state index >= 15 is 0 Å². The summed E-state index contributed by atoms with van der Waals surface area (Å²) in [5.41, 5.74) is 12.5. The van der Waals surface area contributed by atoms with Crippen LogP contribution in [0.4, 0.5) is 11.4 Å². The van der Waals surface area contributed by atoms with Gasteiger partial charge < -0.3 is 11.5 Å². The van der Waals surface area contributed by atoms with Gasteiger partial charge in [0.05, 0.1) is 9.79 Å². The lowest BCUT2D eigenvalue weighted by molar-refractivity contribution is 0.234. The lowest BCUT2D eigenvalue weighted by atomic mass is 9.87. The van der Waals surface area contributed by atoms with Crippen molar-refractivity contribution in [1.82, 2.24) is 8.61 Å². The van der Waals surface area contributed by atoms with Gasteiger partial charge in [-0.1, -0.05) is 19.3 Å². The van der Waals surface area contributed by atoms with E-state index in [1.165, 1.54) is 0 Å². The monoisotopic (exact) mass is 520 g/mol. The van der Waals surface area contributed by atoms with Gasteiger partial charge in [-0.2, -0.15) is 8.61 Å². The number of rotatable bonds is 8. The molecule has 2 aromatic carbocycles. The highest BCUT2D eigenvalue weighted by molar-refractivity contribution is 7.89. The summed E-state index contributed by atoms with van der Waals surface area (Å²) in [6, 6.07) is 12.8. The fraction of sp³-hybridized carbons (Fsp3) is 0.520. The van der Waals surface area contributed by atoms with E-state index in [4.69, 9.17) is 11.5 Å². The first kappa shape index (κ1) is 25.9. The molecule has 2 aromatic rings. The second-order valence-electron chi connectivity index (χ2n) is 9.76. The van der Waals surface area contributed by atoms with Gasteiger partial charge in [-0.25, -0.2) is 16.8 Å². The van der Waals surface area contributed by atoms with Gasteiger partial charge in [0.2, 0.25) is 20.0 Å². The molecule has 8 nitrogen and oxygen atoms in total. The highest BCUT2D eigenvalue weighted by Crippen LogP contribution is 2.31. The molecular weight excluding hydrogens is 484 g/mol. The summed E-state index contributed by atoms with van der Waals surface area (Å²) in [4.78, 5) is 0.602. The van der Waals surface area contributed by atoms with Crippen LogP contribution in [0.15, 0.2) is 58.3 Å². The van der Waals surface area contributed by atoms with Crippen LogP contribution in [0.25, 0.3) is 0 Å². The smallest absolute Gasteiger partial charge is 0.243 e. The maximum absolute atomic E-state index is 12.9. The number of piperidine rings is 2. The quantitative estimate of drug-likeness (QED) is 0.513. The Morgan fingerprint density at radius 2 is 0.914 bits per heavy atom. The van der Waals surface area contributed by atoms with Crippen molar-refractivity contribution in [1.29, 1.82) is 0 Å². The number of hydrogen-bond acceptors (Lipinski definition) is 6. The van der Waals surface area contributed by atoms with Gasteiger partial charge in [0.1, 0.15) is 0 Å². The molecule has 2 heterocycles. The standard InChI is InChI=1S/C25H36N4O4S2/c26-22-4-8-24(9-5-22)34(30,31)28-16-12-20(13-17-28)2-1-3-21-14-18-29(19-15-21)35(32,33)25-10-6-23(27)7-11-25/h4-11,20-21H,1-3,12-19,26-27H2. The zero-order valence-electron chi connectivity index (χ0n) is 20.1. The Kier molecular flexibility index (Phi) is 8.05. The number of anilines is 2. The molecule has 2 saturated heterocycles. The Balaban J connectivity index is 1.18. The van der Waals surface area contributed by atoms with Crippen LogP contribution in [0.5, 0.6) is 0 Å². The minimum absolute atomic E-state index is 0.301. The summed E-state index contributed by atoms with van der Waals surface area (Å²) in [6.07, 6.45) is 6.82. The van der Waals surface area contributed by atoms with Crippen LogP contribution < -0.4 is 11.5 Å². The van der Waals surface area contributed by atoms with E-state index < -0.39 is 20.0 Å². The molecule has 4 rings (SSSR count). The van der Waals surface area contributed by atoms with Gasteiger partial charge in [-0.3, -0.25) is 0 Å². The number of nitrogens with two attached hydrogens (primary N) is 2. The van der Waals surface area contributed by atoms with Crippen molar-refractivity contribution in [2.45, 2.75) is 54.7 Å². The molecule has 0 unspecified atom stereocenters. The van der Waals surface area contributed by atoms with Crippen LogP contribution in [-0.4, -0.2) is 51.6 Å². The first-order valence-corrected chi connectivity index (χ1v) is 15.3. The third-order valence-electron chi connectivity index (χ3n) is 7.41. The van der Waals surface area contributed by atoms with E-state index in [2.05, 4.69) is 0 Å². The molecule has 2 aliphatic heterocycles. The number of nitrogens with zero attached hydrogens (tertiary/aromatic N) is 2. The van der Waals surface area contributed by atoms with Crippen LogP contribution in [0.2, 0.25) is 0 Å². The average molecular weight is 521 g/mol. The van der Waals surface area contributed by atoms with E-state index in [1.807, 2.05) is 0 Å². The normalized spacial score (nSPS) is 19.7. The first-order chi connectivity index (χ1) is 16.7. The number of nitrogen functional groups attached to an aromatic ring is 2. The van der Waals surface area contributed by atoms with Gasteiger partial charge in [0, 0.05) is 37.6 Å². The molecule has 10 heteroatoms. The number of benzene rings is 2.